The Balaban J connectivity index is 2.24. The van der Waals surface area contributed by atoms with E-state index >= 15 is 0 Å². The van der Waals surface area contributed by atoms with Crippen LogP contribution in [0.1, 0.15) is 32.8 Å². The Morgan fingerprint density at radius 2 is 2.18 bits per heavy atom. The molecule has 1 rings (SSSR count). The molecule has 3 nitrogen and oxygen atoms in total. The predicted molar refractivity (Wildman–Crippen MR) is 71.4 cm³/mol. The minimum absolute atomic E-state index is 0.696. The fourth-order valence-electron chi connectivity index (χ4n) is 1.65. The summed E-state index contributed by atoms with van der Waals surface area (Å²) in [5.74, 6) is 1.60. The van der Waals surface area contributed by atoms with E-state index < -0.39 is 0 Å². The van der Waals surface area contributed by atoms with Gasteiger partial charge in [0.25, 0.3) is 0 Å². The first-order chi connectivity index (χ1) is 8.22. The molecule has 0 saturated carbocycles. The Bertz CT molecular complexity index is 313. The van der Waals surface area contributed by atoms with Gasteiger partial charge in [-0.25, -0.2) is 0 Å². The SMILES string of the molecule is CCOc1cncc(CCCNCC(C)C)c1. The van der Waals surface area contributed by atoms with Crippen molar-refractivity contribution >= 4 is 0 Å². The number of rotatable bonds is 8. The maximum Gasteiger partial charge on any atom is 0.137 e. The largest absolute Gasteiger partial charge is 0.492 e. The molecule has 0 radical (unpaired) electrons. The summed E-state index contributed by atoms with van der Waals surface area (Å²) in [5, 5.41) is 3.44. The minimum atomic E-state index is 0.696. The van der Waals surface area contributed by atoms with Crippen molar-refractivity contribution in [2.45, 2.75) is 33.6 Å². The predicted octanol–water partition coefficient (Wildman–Crippen LogP) is 2.66. The van der Waals surface area contributed by atoms with Crippen LogP contribution in [0.4, 0.5) is 0 Å². The molecule has 0 saturated heterocycles. The van der Waals surface area contributed by atoms with Crippen molar-refractivity contribution in [3.05, 3.63) is 24.0 Å². The Morgan fingerprint density at radius 1 is 1.35 bits per heavy atom. The molecule has 0 unspecified atom stereocenters. The van der Waals surface area contributed by atoms with Crippen LogP contribution in [0.15, 0.2) is 18.5 Å². The molecular weight excluding hydrogens is 212 g/mol. The van der Waals surface area contributed by atoms with Crippen LogP contribution in [-0.4, -0.2) is 24.7 Å². The summed E-state index contributed by atoms with van der Waals surface area (Å²) in [6.45, 7) is 9.29. The van der Waals surface area contributed by atoms with E-state index in [-0.39, 0.29) is 0 Å². The normalized spacial score (nSPS) is 10.8. The Labute approximate surface area is 105 Å². The lowest BCUT2D eigenvalue weighted by molar-refractivity contribution is 0.338. The van der Waals surface area contributed by atoms with Gasteiger partial charge in [0.2, 0.25) is 0 Å². The van der Waals surface area contributed by atoms with Crippen molar-refractivity contribution in [2.24, 2.45) is 5.92 Å². The number of ether oxygens (including phenoxy) is 1. The first-order valence-electron chi connectivity index (χ1n) is 6.49. The molecule has 0 aliphatic carbocycles. The van der Waals surface area contributed by atoms with Gasteiger partial charge in [0.1, 0.15) is 5.75 Å². The second-order valence-electron chi connectivity index (χ2n) is 4.66. The number of nitrogens with zero attached hydrogens (tertiary/aromatic N) is 1. The third-order valence-corrected chi connectivity index (χ3v) is 2.45. The van der Waals surface area contributed by atoms with Gasteiger partial charge in [-0.3, -0.25) is 4.98 Å². The quantitative estimate of drug-likeness (QED) is 0.705. The maximum atomic E-state index is 5.43. The molecule has 0 aliphatic rings. The lowest BCUT2D eigenvalue weighted by Gasteiger charge is -2.08. The van der Waals surface area contributed by atoms with Gasteiger partial charge >= 0.3 is 0 Å². The zero-order chi connectivity index (χ0) is 12.5. The van der Waals surface area contributed by atoms with Gasteiger partial charge in [0.15, 0.2) is 0 Å². The van der Waals surface area contributed by atoms with Gasteiger partial charge in [0.05, 0.1) is 12.8 Å². The zero-order valence-corrected chi connectivity index (χ0v) is 11.2. The minimum Gasteiger partial charge on any atom is -0.492 e. The molecule has 0 aliphatic heterocycles. The van der Waals surface area contributed by atoms with E-state index in [0.717, 1.165) is 37.6 Å². The van der Waals surface area contributed by atoms with Crippen LogP contribution < -0.4 is 10.1 Å². The first kappa shape index (κ1) is 14.0. The van der Waals surface area contributed by atoms with Crippen molar-refractivity contribution in [2.75, 3.05) is 19.7 Å². The summed E-state index contributed by atoms with van der Waals surface area (Å²) in [5.41, 5.74) is 1.25. The lowest BCUT2D eigenvalue weighted by Crippen LogP contribution is -2.21. The third kappa shape index (κ3) is 6.27. The molecule has 0 amide bonds. The van der Waals surface area contributed by atoms with Crippen molar-refractivity contribution < 1.29 is 4.74 Å². The fraction of sp³-hybridized carbons (Fsp3) is 0.643. The van der Waals surface area contributed by atoms with Crippen LogP contribution in [0.2, 0.25) is 0 Å². The lowest BCUT2D eigenvalue weighted by atomic mass is 10.1. The summed E-state index contributed by atoms with van der Waals surface area (Å²) in [6, 6.07) is 2.08. The average molecular weight is 236 g/mol. The van der Waals surface area contributed by atoms with Crippen molar-refractivity contribution in [3.63, 3.8) is 0 Å². The van der Waals surface area contributed by atoms with E-state index in [4.69, 9.17) is 4.74 Å². The summed E-state index contributed by atoms with van der Waals surface area (Å²) in [4.78, 5) is 4.18. The second kappa shape index (κ2) is 8.07. The van der Waals surface area contributed by atoms with Gasteiger partial charge < -0.3 is 10.1 Å². The van der Waals surface area contributed by atoms with Crippen LogP contribution >= 0.6 is 0 Å². The molecule has 1 heterocycles. The summed E-state index contributed by atoms with van der Waals surface area (Å²) >= 11 is 0. The smallest absolute Gasteiger partial charge is 0.137 e. The first-order valence-corrected chi connectivity index (χ1v) is 6.49. The Kier molecular flexibility index (Phi) is 6.63. The molecule has 0 aromatic carbocycles. The highest BCUT2D eigenvalue weighted by atomic mass is 16.5. The fourth-order valence-corrected chi connectivity index (χ4v) is 1.65. The zero-order valence-electron chi connectivity index (χ0n) is 11.2. The molecule has 3 heteroatoms. The highest BCUT2D eigenvalue weighted by molar-refractivity contribution is 5.23. The maximum absolute atomic E-state index is 5.43. The number of nitrogens with one attached hydrogen (secondary N) is 1. The monoisotopic (exact) mass is 236 g/mol. The summed E-state index contributed by atoms with van der Waals surface area (Å²) in [6.07, 6.45) is 5.89. The van der Waals surface area contributed by atoms with Crippen molar-refractivity contribution in [1.82, 2.24) is 10.3 Å². The second-order valence-corrected chi connectivity index (χ2v) is 4.66. The van der Waals surface area contributed by atoms with E-state index in [1.54, 1.807) is 6.20 Å². The van der Waals surface area contributed by atoms with E-state index in [0.29, 0.717) is 6.61 Å². The van der Waals surface area contributed by atoms with Gasteiger partial charge in [-0.2, -0.15) is 0 Å². The van der Waals surface area contributed by atoms with Gasteiger partial charge in [-0.15, -0.1) is 0 Å². The van der Waals surface area contributed by atoms with Gasteiger partial charge in [-0.05, 0) is 50.4 Å². The van der Waals surface area contributed by atoms with Crippen LogP contribution in [-0.2, 0) is 6.42 Å². The van der Waals surface area contributed by atoms with Crippen molar-refractivity contribution in [3.8, 4) is 5.75 Å². The third-order valence-electron chi connectivity index (χ3n) is 2.45. The highest BCUT2D eigenvalue weighted by Crippen LogP contribution is 2.12. The van der Waals surface area contributed by atoms with Gasteiger partial charge in [0, 0.05) is 6.20 Å². The molecule has 1 N–H and O–H groups in total. The van der Waals surface area contributed by atoms with E-state index in [9.17, 15) is 0 Å². The molecule has 0 atom stereocenters. The number of aryl methyl sites for hydroxylation is 1. The molecular formula is C14H24N2O. The van der Waals surface area contributed by atoms with Crippen LogP contribution in [0, 0.1) is 5.92 Å². The summed E-state index contributed by atoms with van der Waals surface area (Å²) in [7, 11) is 0. The number of aromatic nitrogens is 1. The van der Waals surface area contributed by atoms with E-state index in [1.807, 2.05) is 13.1 Å². The van der Waals surface area contributed by atoms with Crippen LogP contribution in [0.3, 0.4) is 0 Å². The molecule has 1 aromatic rings. The average Bonchev–Trinajstić information content (AvgIpc) is 2.29. The van der Waals surface area contributed by atoms with E-state index in [1.165, 1.54) is 5.56 Å². The van der Waals surface area contributed by atoms with Crippen LogP contribution in [0.5, 0.6) is 5.75 Å². The Morgan fingerprint density at radius 3 is 2.88 bits per heavy atom. The molecule has 17 heavy (non-hydrogen) atoms. The molecule has 1 aromatic heterocycles. The number of pyridine rings is 1. The topological polar surface area (TPSA) is 34.1 Å². The highest BCUT2D eigenvalue weighted by Gasteiger charge is 1.98. The Hall–Kier alpha value is -1.09. The molecule has 96 valence electrons. The standard InChI is InChI=1S/C14H24N2O/c1-4-17-14-8-13(10-16-11-14)6-5-7-15-9-12(2)3/h8,10-12,15H,4-7,9H2,1-3H3. The van der Waals surface area contributed by atoms with E-state index in [2.05, 4.69) is 30.2 Å². The van der Waals surface area contributed by atoms with Gasteiger partial charge in [-0.1, -0.05) is 13.8 Å². The summed E-state index contributed by atoms with van der Waals surface area (Å²) < 4.78 is 5.43. The number of hydrogen-bond donors (Lipinski definition) is 1. The molecule has 0 fully saturated rings. The molecule has 0 spiro atoms. The molecule has 0 bridgehead atoms. The number of hydrogen-bond acceptors (Lipinski definition) is 3. The van der Waals surface area contributed by atoms with Crippen LogP contribution in [0.25, 0.3) is 0 Å². The van der Waals surface area contributed by atoms with Crippen molar-refractivity contribution in [1.29, 1.82) is 0 Å².